The Balaban J connectivity index is 1.53. The van der Waals surface area contributed by atoms with Gasteiger partial charge in [0.05, 0.1) is 37.5 Å². The SMILES string of the molecule is CCCCCCCCCCCCCCOCC(CNC(=O)CCC(NC(=O)c1ccc(N(C=O)Cc2cnc3nc(N=CN(C)C)[nH]c(=O)c3n2)cc1)C(=O)OC(C)(C)C)OCCCCCCCCCCCCCC. The van der Waals surface area contributed by atoms with Crippen molar-refractivity contribution in [2.45, 2.75) is 226 Å². The van der Waals surface area contributed by atoms with Gasteiger partial charge < -0.3 is 34.6 Å². The first kappa shape index (κ1) is 64.0. The molecule has 0 saturated carbocycles. The van der Waals surface area contributed by atoms with Gasteiger partial charge >= 0.3 is 5.97 Å². The van der Waals surface area contributed by atoms with Gasteiger partial charge in [0, 0.05) is 51.5 Å². The monoisotopic (exact) mass is 1050 g/mol. The second-order valence-electron chi connectivity index (χ2n) is 21.2. The number of aliphatic imine (C=N–C) groups is 1. The van der Waals surface area contributed by atoms with E-state index in [2.05, 4.69) is 49.4 Å². The number of nitrogens with zero attached hydrogens (tertiary/aromatic N) is 6. The molecule has 3 N–H and O–H groups in total. The number of aromatic amines is 1. The molecule has 17 nitrogen and oxygen atoms in total. The van der Waals surface area contributed by atoms with Gasteiger partial charge in [-0.05, 0) is 64.3 Å². The molecule has 0 saturated heterocycles. The Kier molecular flexibility index (Phi) is 32.7. The van der Waals surface area contributed by atoms with E-state index in [1.807, 2.05) is 0 Å². The van der Waals surface area contributed by atoms with Crippen LogP contribution in [0.5, 0.6) is 0 Å². The predicted octanol–water partition coefficient (Wildman–Crippen LogP) is 11.2. The molecular formula is C58H95N9O8. The molecular weight excluding hydrogens is 951 g/mol. The number of esters is 1. The second kappa shape index (κ2) is 38.3. The van der Waals surface area contributed by atoms with Gasteiger partial charge in [0.2, 0.25) is 18.3 Å². The lowest BCUT2D eigenvalue weighted by Crippen LogP contribution is -2.45. The molecule has 3 amide bonds. The van der Waals surface area contributed by atoms with E-state index in [9.17, 15) is 24.0 Å². The Morgan fingerprint density at radius 3 is 1.84 bits per heavy atom. The smallest absolute Gasteiger partial charge is 0.329 e. The minimum Gasteiger partial charge on any atom is -0.458 e. The number of amides is 3. The number of ether oxygens (including phenoxy) is 3. The van der Waals surface area contributed by atoms with Gasteiger partial charge in [0.15, 0.2) is 11.2 Å². The summed E-state index contributed by atoms with van der Waals surface area (Å²) in [5, 5.41) is 5.76. The fourth-order valence-electron chi connectivity index (χ4n) is 8.49. The van der Waals surface area contributed by atoms with Crippen LogP contribution in [-0.4, -0.2) is 114 Å². The van der Waals surface area contributed by atoms with Crippen LogP contribution in [0.2, 0.25) is 0 Å². The minimum absolute atomic E-state index is 0.000907. The van der Waals surface area contributed by atoms with E-state index >= 15 is 0 Å². The number of unbranched alkanes of at least 4 members (excludes halogenated alkanes) is 22. The first-order valence-electron chi connectivity index (χ1n) is 28.5. The number of carbonyl (C=O) groups is 4. The molecule has 75 heavy (non-hydrogen) atoms. The molecule has 2 unspecified atom stereocenters. The maximum atomic E-state index is 13.6. The maximum Gasteiger partial charge on any atom is 0.329 e. The van der Waals surface area contributed by atoms with Gasteiger partial charge in [-0.3, -0.25) is 24.2 Å². The molecule has 0 aliphatic rings. The third-order valence-electron chi connectivity index (χ3n) is 12.8. The highest BCUT2D eigenvalue weighted by molar-refractivity contribution is 5.97. The summed E-state index contributed by atoms with van der Waals surface area (Å²) in [7, 11) is 3.57. The lowest BCUT2D eigenvalue weighted by atomic mass is 10.1. The van der Waals surface area contributed by atoms with Gasteiger partial charge in [-0.1, -0.05) is 155 Å². The summed E-state index contributed by atoms with van der Waals surface area (Å²) >= 11 is 0. The molecule has 0 aliphatic heterocycles. The topological polar surface area (TPSA) is 210 Å². The zero-order valence-electron chi connectivity index (χ0n) is 47.1. The molecule has 420 valence electrons. The number of fused-ring (bicyclic) bond motifs is 1. The van der Waals surface area contributed by atoms with Gasteiger partial charge in [-0.2, -0.15) is 4.98 Å². The zero-order chi connectivity index (χ0) is 54.5. The number of anilines is 1. The van der Waals surface area contributed by atoms with Crippen LogP contribution in [0, 0.1) is 0 Å². The first-order chi connectivity index (χ1) is 36.2. The second-order valence-corrected chi connectivity index (χ2v) is 21.2. The highest BCUT2D eigenvalue weighted by Crippen LogP contribution is 2.19. The molecule has 3 rings (SSSR count). The fourth-order valence-corrected chi connectivity index (χ4v) is 8.49. The van der Waals surface area contributed by atoms with Crippen LogP contribution in [0.15, 0.2) is 40.2 Å². The largest absolute Gasteiger partial charge is 0.458 e. The lowest BCUT2D eigenvalue weighted by Gasteiger charge is -2.25. The van der Waals surface area contributed by atoms with Gasteiger partial charge in [0.1, 0.15) is 11.6 Å². The number of H-pyrrole nitrogens is 1. The maximum absolute atomic E-state index is 13.6. The van der Waals surface area contributed by atoms with Crippen molar-refractivity contribution >= 4 is 53.3 Å². The Hall–Kier alpha value is -5.29. The van der Waals surface area contributed by atoms with E-state index in [1.54, 1.807) is 51.9 Å². The van der Waals surface area contributed by atoms with Crippen molar-refractivity contribution in [2.24, 2.45) is 4.99 Å². The molecule has 0 bridgehead atoms. The normalized spacial score (nSPS) is 12.5. The standard InChI is InChI=1S/C58H95N9O8/c1-8-10-12-14-16-18-20-22-24-26-28-30-38-73-43-49(74-39-31-29-27-25-23-21-19-17-15-13-11-9-2)41-59-51(69)37-36-50(56(72)75-58(3,4)5)63-54(70)46-32-34-48(35-33-46)67(45-68)42-47-40-60-53-52(62-47)55(71)65-57(64-53)61-44-66(6)7/h32-35,40,44-45,49-50H,8-31,36-39,41-43H2,1-7H3,(H,59,69)(H,63,70)(H,60,64,65,71). The van der Waals surface area contributed by atoms with E-state index in [0.29, 0.717) is 37.6 Å². The molecule has 1 aromatic carbocycles. The third kappa shape index (κ3) is 29.0. The lowest BCUT2D eigenvalue weighted by molar-refractivity contribution is -0.157. The van der Waals surface area contributed by atoms with Crippen LogP contribution in [0.25, 0.3) is 11.2 Å². The predicted molar refractivity (Wildman–Crippen MR) is 301 cm³/mol. The molecule has 0 radical (unpaired) electrons. The number of hydrogen-bond donors (Lipinski definition) is 3. The third-order valence-corrected chi connectivity index (χ3v) is 12.8. The van der Waals surface area contributed by atoms with E-state index in [1.165, 1.54) is 158 Å². The van der Waals surface area contributed by atoms with Crippen LogP contribution in [-0.2, 0) is 35.1 Å². The average Bonchev–Trinajstić information content (AvgIpc) is 3.38. The Labute approximate surface area is 448 Å². The van der Waals surface area contributed by atoms with E-state index in [-0.39, 0.29) is 60.6 Å². The summed E-state index contributed by atoms with van der Waals surface area (Å²) in [5.74, 6) is -1.43. The van der Waals surface area contributed by atoms with Crippen molar-refractivity contribution in [2.75, 3.05) is 45.4 Å². The molecule has 0 aliphatic carbocycles. The van der Waals surface area contributed by atoms with Crippen molar-refractivity contribution in [1.82, 2.24) is 35.5 Å². The summed E-state index contributed by atoms with van der Waals surface area (Å²) in [4.78, 5) is 88.1. The molecule has 0 fully saturated rings. The minimum atomic E-state index is -1.12. The number of aromatic nitrogens is 4. The summed E-state index contributed by atoms with van der Waals surface area (Å²) in [6.07, 6.45) is 33.6. The van der Waals surface area contributed by atoms with Crippen LogP contribution in [0.1, 0.15) is 218 Å². The number of hydrogen-bond acceptors (Lipinski definition) is 12. The Morgan fingerprint density at radius 2 is 1.31 bits per heavy atom. The average molecular weight is 1050 g/mol. The van der Waals surface area contributed by atoms with E-state index in [4.69, 9.17) is 14.2 Å². The summed E-state index contributed by atoms with van der Waals surface area (Å²) < 4.78 is 18.1. The molecule has 2 heterocycles. The van der Waals surface area contributed by atoms with E-state index in [0.717, 1.165) is 25.7 Å². The molecule has 2 atom stereocenters. The van der Waals surface area contributed by atoms with Crippen LogP contribution in [0.4, 0.5) is 11.6 Å². The fraction of sp³-hybridized carbons (Fsp3) is 0.707. The number of rotatable bonds is 43. The highest BCUT2D eigenvalue weighted by atomic mass is 16.6. The first-order valence-corrected chi connectivity index (χ1v) is 28.5. The van der Waals surface area contributed by atoms with Crippen molar-refractivity contribution in [3.8, 4) is 0 Å². The Morgan fingerprint density at radius 1 is 0.760 bits per heavy atom. The molecule has 2 aromatic heterocycles. The molecule has 3 aromatic rings. The van der Waals surface area contributed by atoms with Crippen LogP contribution in [0.3, 0.4) is 0 Å². The summed E-state index contributed by atoms with van der Waals surface area (Å²) in [6.45, 7) is 11.6. The van der Waals surface area contributed by atoms with Gasteiger partial charge in [0.25, 0.3) is 11.5 Å². The van der Waals surface area contributed by atoms with Crippen molar-refractivity contribution in [3.05, 3.63) is 52.1 Å². The van der Waals surface area contributed by atoms with Gasteiger partial charge in [-0.15, -0.1) is 0 Å². The van der Waals surface area contributed by atoms with Crippen molar-refractivity contribution in [3.63, 3.8) is 0 Å². The Bertz CT molecular complexity index is 2140. The summed E-state index contributed by atoms with van der Waals surface area (Å²) in [6, 6.07) is 5.08. The van der Waals surface area contributed by atoms with Crippen LogP contribution < -0.4 is 21.1 Å². The van der Waals surface area contributed by atoms with Crippen LogP contribution >= 0.6 is 0 Å². The molecule has 0 spiro atoms. The highest BCUT2D eigenvalue weighted by Gasteiger charge is 2.28. The summed E-state index contributed by atoms with van der Waals surface area (Å²) in [5.41, 5.74) is -0.283. The van der Waals surface area contributed by atoms with Crippen molar-refractivity contribution in [1.29, 1.82) is 0 Å². The quantitative estimate of drug-likeness (QED) is 0.0159. The number of nitrogens with one attached hydrogen (secondary N) is 3. The van der Waals surface area contributed by atoms with Gasteiger partial charge in [-0.25, -0.2) is 19.8 Å². The zero-order valence-corrected chi connectivity index (χ0v) is 47.1. The number of benzene rings is 1. The number of carbonyl (C=O) groups excluding carboxylic acids is 4. The van der Waals surface area contributed by atoms with E-state index < -0.39 is 29.1 Å². The van der Waals surface area contributed by atoms with Crippen molar-refractivity contribution < 1.29 is 33.4 Å². The molecule has 17 heteroatoms.